The lowest BCUT2D eigenvalue weighted by Gasteiger charge is -2.06. The van der Waals surface area contributed by atoms with E-state index < -0.39 is 5.97 Å². The van der Waals surface area contributed by atoms with Gasteiger partial charge in [-0.25, -0.2) is 10.2 Å². The zero-order chi connectivity index (χ0) is 22.1. The Kier molecular flexibility index (Phi) is 7.79. The molecule has 1 N–H and O–H groups in total. The monoisotopic (exact) mass is 436 g/mol. The van der Waals surface area contributed by atoms with Gasteiger partial charge in [0.25, 0.3) is 5.91 Å². The molecule has 3 rings (SSSR count). The molecule has 3 aromatic carbocycles. The second kappa shape index (κ2) is 10.9. The first kappa shape index (κ1) is 22.1. The van der Waals surface area contributed by atoms with Crippen LogP contribution in [0.25, 0.3) is 0 Å². The average Bonchev–Trinajstić information content (AvgIpc) is 2.78. The summed E-state index contributed by atoms with van der Waals surface area (Å²) >= 11 is 5.83. The van der Waals surface area contributed by atoms with Crippen molar-refractivity contribution in [3.63, 3.8) is 0 Å². The first-order valence-corrected chi connectivity index (χ1v) is 10.1. The quantitative estimate of drug-likeness (QED) is 0.230. The molecule has 0 saturated carbocycles. The van der Waals surface area contributed by atoms with Gasteiger partial charge in [-0.3, -0.25) is 4.79 Å². The molecule has 158 valence electrons. The van der Waals surface area contributed by atoms with E-state index in [9.17, 15) is 9.59 Å². The minimum absolute atomic E-state index is 0.344. The molecule has 6 nitrogen and oxygen atoms in total. The molecule has 0 spiro atoms. The Balaban J connectivity index is 1.56. The molecule has 0 atom stereocenters. The number of benzene rings is 3. The summed E-state index contributed by atoms with van der Waals surface area (Å²) < 4.78 is 10.9. The molecule has 3 aromatic rings. The van der Waals surface area contributed by atoms with Crippen molar-refractivity contribution in [2.45, 2.75) is 13.3 Å². The maximum atomic E-state index is 12.2. The van der Waals surface area contributed by atoms with Crippen LogP contribution in [0.15, 0.2) is 77.9 Å². The number of rotatable bonds is 8. The minimum Gasteiger partial charge on any atom is -0.494 e. The third-order valence-electron chi connectivity index (χ3n) is 4.12. The van der Waals surface area contributed by atoms with Crippen LogP contribution in [0.4, 0.5) is 0 Å². The van der Waals surface area contributed by atoms with Crippen molar-refractivity contribution in [1.82, 2.24) is 5.43 Å². The summed E-state index contributed by atoms with van der Waals surface area (Å²) in [6.45, 7) is 2.66. The van der Waals surface area contributed by atoms with Gasteiger partial charge in [-0.2, -0.15) is 5.10 Å². The van der Waals surface area contributed by atoms with Gasteiger partial charge in [0.1, 0.15) is 11.5 Å². The molecule has 0 bridgehead atoms. The van der Waals surface area contributed by atoms with Crippen molar-refractivity contribution in [2.75, 3.05) is 6.61 Å². The Morgan fingerprint density at radius 2 is 1.68 bits per heavy atom. The Morgan fingerprint density at radius 3 is 2.39 bits per heavy atom. The third kappa shape index (κ3) is 6.69. The van der Waals surface area contributed by atoms with Gasteiger partial charge in [0.05, 0.1) is 18.4 Å². The first-order valence-electron chi connectivity index (χ1n) is 9.69. The number of carbonyl (C=O) groups is 2. The number of nitrogens with one attached hydrogen (secondary N) is 1. The lowest BCUT2D eigenvalue weighted by atomic mass is 10.2. The van der Waals surface area contributed by atoms with E-state index >= 15 is 0 Å². The lowest BCUT2D eigenvalue weighted by Crippen LogP contribution is -2.17. The van der Waals surface area contributed by atoms with E-state index in [4.69, 9.17) is 21.1 Å². The molecule has 0 fully saturated rings. The van der Waals surface area contributed by atoms with E-state index in [-0.39, 0.29) is 5.91 Å². The summed E-state index contributed by atoms with van der Waals surface area (Å²) in [5, 5.41) is 4.51. The molecule has 0 unspecified atom stereocenters. The molecule has 7 heteroatoms. The minimum atomic E-state index is -0.495. The highest BCUT2D eigenvalue weighted by atomic mass is 35.5. The van der Waals surface area contributed by atoms with Crippen LogP contribution in [0.2, 0.25) is 5.02 Å². The van der Waals surface area contributed by atoms with E-state index in [0.717, 1.165) is 6.42 Å². The summed E-state index contributed by atoms with van der Waals surface area (Å²) in [5.74, 6) is 0.235. The van der Waals surface area contributed by atoms with E-state index in [1.807, 2.05) is 6.92 Å². The highest BCUT2D eigenvalue weighted by Gasteiger charge is 2.09. The predicted molar refractivity (Wildman–Crippen MR) is 120 cm³/mol. The number of amides is 1. The molecule has 0 heterocycles. The molecule has 31 heavy (non-hydrogen) atoms. The summed E-state index contributed by atoms with van der Waals surface area (Å²) in [7, 11) is 0. The van der Waals surface area contributed by atoms with Crippen molar-refractivity contribution >= 4 is 29.7 Å². The van der Waals surface area contributed by atoms with E-state index in [1.165, 1.54) is 6.21 Å². The van der Waals surface area contributed by atoms with Crippen LogP contribution in [0.1, 0.15) is 39.6 Å². The topological polar surface area (TPSA) is 77.0 Å². The number of nitrogens with zero attached hydrogens (tertiary/aromatic N) is 1. The van der Waals surface area contributed by atoms with E-state index in [0.29, 0.717) is 39.8 Å². The molecule has 0 aliphatic rings. The number of hydrogen-bond acceptors (Lipinski definition) is 5. The zero-order valence-electron chi connectivity index (χ0n) is 16.9. The molecular weight excluding hydrogens is 416 g/mol. The lowest BCUT2D eigenvalue weighted by molar-refractivity contribution is 0.0734. The third-order valence-corrected chi connectivity index (χ3v) is 4.37. The average molecular weight is 437 g/mol. The molecule has 0 saturated heterocycles. The summed E-state index contributed by atoms with van der Waals surface area (Å²) in [5.41, 5.74) is 3.98. The SMILES string of the molecule is CCCOc1ccc(C(=O)N/N=C/c2cccc(OC(=O)c3ccc(Cl)cc3)c2)cc1. The zero-order valence-corrected chi connectivity index (χ0v) is 17.6. The number of hydrogen-bond donors (Lipinski definition) is 1. The largest absolute Gasteiger partial charge is 0.494 e. The summed E-state index contributed by atoms with van der Waals surface area (Å²) in [6.07, 6.45) is 2.38. The second-order valence-corrected chi connectivity index (χ2v) is 6.98. The van der Waals surface area contributed by atoms with Crippen LogP contribution >= 0.6 is 11.6 Å². The Hall–Kier alpha value is -3.64. The summed E-state index contributed by atoms with van der Waals surface area (Å²) in [4.78, 5) is 24.4. The first-order chi connectivity index (χ1) is 15.0. The number of ether oxygens (including phenoxy) is 2. The van der Waals surface area contributed by atoms with Gasteiger partial charge >= 0.3 is 5.97 Å². The van der Waals surface area contributed by atoms with Crippen molar-refractivity contribution in [2.24, 2.45) is 5.10 Å². The van der Waals surface area contributed by atoms with Crippen molar-refractivity contribution < 1.29 is 19.1 Å². The molecule has 0 aromatic heterocycles. The van der Waals surface area contributed by atoms with Gasteiger partial charge in [0.2, 0.25) is 0 Å². The second-order valence-electron chi connectivity index (χ2n) is 6.54. The van der Waals surface area contributed by atoms with Crippen molar-refractivity contribution in [3.8, 4) is 11.5 Å². The summed E-state index contributed by atoms with van der Waals surface area (Å²) in [6, 6.07) is 20.1. The molecule has 0 aliphatic carbocycles. The Labute approximate surface area is 185 Å². The standard InChI is InChI=1S/C24H21ClN2O4/c1-2-14-30-21-12-8-18(9-13-21)23(28)27-26-16-17-4-3-5-22(15-17)31-24(29)19-6-10-20(25)11-7-19/h3-13,15-16H,2,14H2,1H3,(H,27,28)/b26-16+. The van der Waals surface area contributed by atoms with E-state index in [2.05, 4.69) is 10.5 Å². The van der Waals surface area contributed by atoms with Gasteiger partial charge in [0, 0.05) is 10.6 Å². The number of esters is 1. The fourth-order valence-corrected chi connectivity index (χ4v) is 2.69. The Bertz CT molecular complexity index is 1060. The van der Waals surface area contributed by atoms with Crippen LogP contribution in [0.3, 0.4) is 0 Å². The normalized spacial score (nSPS) is 10.6. The maximum absolute atomic E-state index is 12.2. The van der Waals surface area contributed by atoms with Gasteiger partial charge < -0.3 is 9.47 Å². The maximum Gasteiger partial charge on any atom is 0.343 e. The van der Waals surface area contributed by atoms with E-state index in [1.54, 1.807) is 72.8 Å². The highest BCUT2D eigenvalue weighted by Crippen LogP contribution is 2.16. The molecule has 1 amide bonds. The van der Waals surface area contributed by atoms with Crippen molar-refractivity contribution in [1.29, 1.82) is 0 Å². The van der Waals surface area contributed by atoms with Crippen molar-refractivity contribution in [3.05, 3.63) is 94.5 Å². The Morgan fingerprint density at radius 1 is 0.968 bits per heavy atom. The number of hydrazone groups is 1. The van der Waals surface area contributed by atoms with Crippen LogP contribution in [0, 0.1) is 0 Å². The molecule has 0 radical (unpaired) electrons. The van der Waals surface area contributed by atoms with Crippen LogP contribution in [-0.4, -0.2) is 24.7 Å². The van der Waals surface area contributed by atoms with Gasteiger partial charge in [0.15, 0.2) is 0 Å². The number of carbonyl (C=O) groups excluding carboxylic acids is 2. The fourth-order valence-electron chi connectivity index (χ4n) is 2.56. The van der Waals surface area contributed by atoms with Crippen LogP contribution < -0.4 is 14.9 Å². The highest BCUT2D eigenvalue weighted by molar-refractivity contribution is 6.30. The van der Waals surface area contributed by atoms with Gasteiger partial charge in [-0.15, -0.1) is 0 Å². The fraction of sp³-hybridized carbons (Fsp3) is 0.125. The number of halogens is 1. The van der Waals surface area contributed by atoms with Gasteiger partial charge in [-0.05, 0) is 72.6 Å². The smallest absolute Gasteiger partial charge is 0.343 e. The van der Waals surface area contributed by atoms with Crippen LogP contribution in [0.5, 0.6) is 11.5 Å². The van der Waals surface area contributed by atoms with Gasteiger partial charge in [-0.1, -0.05) is 30.7 Å². The predicted octanol–water partition coefficient (Wildman–Crippen LogP) is 5.11. The molecule has 0 aliphatic heterocycles. The molecular formula is C24H21ClN2O4. The van der Waals surface area contributed by atoms with Crippen LogP contribution in [-0.2, 0) is 0 Å².